The number of methoxy groups -OCH3 is 1. The maximum absolute atomic E-state index is 8.25. The van der Waals surface area contributed by atoms with E-state index in [0.717, 1.165) is 46.3 Å². The summed E-state index contributed by atoms with van der Waals surface area (Å²) in [7, 11) is 3.55. The lowest BCUT2D eigenvalue weighted by atomic mass is 10.1. The molecule has 0 amide bonds. The number of nitrogens with one attached hydrogen (secondary N) is 3. The molecule has 2 aromatic rings. The zero-order valence-electron chi connectivity index (χ0n) is 16.8. The van der Waals surface area contributed by atoms with Crippen LogP contribution in [0.2, 0.25) is 0 Å². The minimum Gasteiger partial charge on any atom is -0.496 e. The fourth-order valence-corrected chi connectivity index (χ4v) is 3.06. The molecule has 1 aliphatic rings. The van der Waals surface area contributed by atoms with Gasteiger partial charge in [-0.25, -0.2) is 0 Å². The summed E-state index contributed by atoms with van der Waals surface area (Å²) in [6.45, 7) is 3.42. The third-order valence-corrected chi connectivity index (χ3v) is 4.95. The third-order valence-electron chi connectivity index (χ3n) is 4.95. The molecule has 0 spiro atoms. The van der Waals surface area contributed by atoms with Gasteiger partial charge in [0.05, 0.1) is 18.4 Å². The van der Waals surface area contributed by atoms with Crippen LogP contribution in [0.15, 0.2) is 48.7 Å². The molecule has 0 radical (unpaired) electrons. The molecule has 3 N–H and O–H groups in total. The van der Waals surface area contributed by atoms with Gasteiger partial charge in [0.15, 0.2) is 0 Å². The van der Waals surface area contributed by atoms with E-state index >= 15 is 0 Å². The number of hydrogen-bond acceptors (Lipinski definition) is 5. The summed E-state index contributed by atoms with van der Waals surface area (Å²) in [6.07, 6.45) is 6.33. The average Bonchev–Trinajstić information content (AvgIpc) is 3.54. The number of allylic oxidation sites excluding steroid dienone is 1. The van der Waals surface area contributed by atoms with E-state index in [0.29, 0.717) is 12.3 Å². The van der Waals surface area contributed by atoms with Crippen molar-refractivity contribution in [3.8, 4) is 11.5 Å². The molecule has 0 bridgehead atoms. The Morgan fingerprint density at radius 3 is 2.71 bits per heavy atom. The summed E-state index contributed by atoms with van der Waals surface area (Å²) >= 11 is 0. The molecule has 0 aromatic heterocycles. The van der Waals surface area contributed by atoms with Gasteiger partial charge in [-0.05, 0) is 79.4 Å². The van der Waals surface area contributed by atoms with Gasteiger partial charge in [-0.1, -0.05) is 6.07 Å². The molecule has 0 unspecified atom stereocenters. The monoisotopic (exact) mass is 379 g/mol. The topological polar surface area (TPSA) is 66.4 Å². The van der Waals surface area contributed by atoms with E-state index < -0.39 is 0 Å². The summed E-state index contributed by atoms with van der Waals surface area (Å²) < 4.78 is 11.5. The Bertz CT molecular complexity index is 835. The van der Waals surface area contributed by atoms with Gasteiger partial charge in [-0.3, -0.25) is 0 Å². The van der Waals surface area contributed by atoms with Crippen molar-refractivity contribution in [2.24, 2.45) is 5.92 Å². The van der Waals surface area contributed by atoms with Crippen LogP contribution < -0.4 is 20.1 Å². The van der Waals surface area contributed by atoms with Crippen LogP contribution in [0, 0.1) is 18.3 Å². The average molecular weight is 380 g/mol. The molecule has 5 nitrogen and oxygen atoms in total. The second-order valence-corrected chi connectivity index (χ2v) is 7.10. The van der Waals surface area contributed by atoms with Gasteiger partial charge in [0.25, 0.3) is 0 Å². The van der Waals surface area contributed by atoms with Crippen LogP contribution in [-0.4, -0.2) is 26.4 Å². The Balaban J connectivity index is 1.63. The summed E-state index contributed by atoms with van der Waals surface area (Å²) in [5, 5.41) is 14.7. The molecule has 2 aromatic carbocycles. The molecule has 1 fully saturated rings. The van der Waals surface area contributed by atoms with E-state index in [1.54, 1.807) is 7.11 Å². The van der Waals surface area contributed by atoms with Crippen LogP contribution in [-0.2, 0) is 6.61 Å². The predicted molar refractivity (Wildman–Crippen MR) is 115 cm³/mol. The van der Waals surface area contributed by atoms with Crippen molar-refractivity contribution in [1.29, 1.82) is 5.41 Å². The van der Waals surface area contributed by atoms with Crippen LogP contribution in [0.1, 0.15) is 29.5 Å². The quantitative estimate of drug-likeness (QED) is 0.532. The molecule has 0 saturated heterocycles. The molecule has 0 atom stereocenters. The highest BCUT2D eigenvalue weighted by molar-refractivity contribution is 6.06. The second kappa shape index (κ2) is 9.31. The van der Waals surface area contributed by atoms with E-state index in [4.69, 9.17) is 14.9 Å². The van der Waals surface area contributed by atoms with Crippen molar-refractivity contribution in [3.63, 3.8) is 0 Å². The van der Waals surface area contributed by atoms with Gasteiger partial charge >= 0.3 is 0 Å². The highest BCUT2D eigenvalue weighted by Gasteiger charge is 2.19. The summed E-state index contributed by atoms with van der Waals surface area (Å²) in [4.78, 5) is 0. The first-order valence-electron chi connectivity index (χ1n) is 9.68. The largest absolute Gasteiger partial charge is 0.496 e. The van der Waals surface area contributed by atoms with Crippen molar-refractivity contribution in [2.45, 2.75) is 26.4 Å². The Morgan fingerprint density at radius 1 is 1.21 bits per heavy atom. The number of ether oxygens (including phenoxy) is 2. The molecule has 28 heavy (non-hydrogen) atoms. The SMILES string of the molecule is CNc1cccc(OC)c1COc1ccc(C(=N)/C=C\NCC2CC2)cc1C. The first-order chi connectivity index (χ1) is 13.6. The number of anilines is 1. The maximum atomic E-state index is 8.25. The minimum atomic E-state index is 0.406. The predicted octanol–water partition coefficient (Wildman–Crippen LogP) is 4.51. The van der Waals surface area contributed by atoms with Crippen molar-refractivity contribution in [1.82, 2.24) is 5.32 Å². The fourth-order valence-electron chi connectivity index (χ4n) is 3.06. The molecular formula is C23H29N3O2. The number of rotatable bonds is 10. The van der Waals surface area contributed by atoms with E-state index in [1.807, 2.05) is 62.6 Å². The highest BCUT2D eigenvalue weighted by atomic mass is 16.5. The molecule has 3 rings (SSSR count). The first-order valence-corrected chi connectivity index (χ1v) is 9.68. The van der Waals surface area contributed by atoms with Gasteiger partial charge in [0.2, 0.25) is 0 Å². The Hall–Kier alpha value is -2.95. The van der Waals surface area contributed by atoms with Gasteiger partial charge in [0, 0.05) is 19.3 Å². The highest BCUT2D eigenvalue weighted by Crippen LogP contribution is 2.29. The van der Waals surface area contributed by atoms with Gasteiger partial charge < -0.3 is 25.5 Å². The van der Waals surface area contributed by atoms with Crippen LogP contribution in [0.4, 0.5) is 5.69 Å². The van der Waals surface area contributed by atoms with Crippen LogP contribution in [0.3, 0.4) is 0 Å². The van der Waals surface area contributed by atoms with E-state index in [2.05, 4.69) is 10.6 Å². The first kappa shape index (κ1) is 19.8. The van der Waals surface area contributed by atoms with Gasteiger partial charge in [0.1, 0.15) is 18.1 Å². The van der Waals surface area contributed by atoms with Gasteiger partial charge in [-0.15, -0.1) is 0 Å². The molecule has 0 aliphatic heterocycles. The fraction of sp³-hybridized carbons (Fsp3) is 0.348. The van der Waals surface area contributed by atoms with Gasteiger partial charge in [-0.2, -0.15) is 0 Å². The number of hydrogen-bond donors (Lipinski definition) is 3. The molecule has 0 heterocycles. The number of benzene rings is 2. The van der Waals surface area contributed by atoms with Crippen molar-refractivity contribution >= 4 is 11.4 Å². The lowest BCUT2D eigenvalue weighted by molar-refractivity contribution is 0.295. The Morgan fingerprint density at radius 2 is 2.04 bits per heavy atom. The molecular weight excluding hydrogens is 350 g/mol. The zero-order chi connectivity index (χ0) is 19.9. The van der Waals surface area contributed by atoms with Crippen LogP contribution >= 0.6 is 0 Å². The molecule has 1 saturated carbocycles. The number of aryl methyl sites for hydroxylation is 1. The lowest BCUT2D eigenvalue weighted by Gasteiger charge is -2.16. The Kier molecular flexibility index (Phi) is 6.58. The molecule has 148 valence electrons. The van der Waals surface area contributed by atoms with Crippen molar-refractivity contribution in [2.75, 3.05) is 26.0 Å². The van der Waals surface area contributed by atoms with Crippen LogP contribution in [0.25, 0.3) is 0 Å². The molecule has 5 heteroatoms. The summed E-state index contributed by atoms with van der Waals surface area (Å²) in [5.41, 5.74) is 4.33. The maximum Gasteiger partial charge on any atom is 0.127 e. The normalized spacial score (nSPS) is 13.4. The van der Waals surface area contributed by atoms with Crippen molar-refractivity contribution < 1.29 is 9.47 Å². The summed E-state index contributed by atoms with van der Waals surface area (Å²) in [5.74, 6) is 2.43. The van der Waals surface area contributed by atoms with E-state index in [-0.39, 0.29) is 0 Å². The standard InChI is InChI=1S/C23H29N3O2/c1-16-13-18(20(24)11-12-26-14-17-7-8-17)9-10-22(16)28-15-19-21(25-2)5-4-6-23(19)27-3/h4-6,9-13,17,24-26H,7-8,14-15H2,1-3H3/b12-11-,24-20?. The Labute approximate surface area is 167 Å². The van der Waals surface area contributed by atoms with E-state index in [1.165, 1.54) is 12.8 Å². The minimum absolute atomic E-state index is 0.406. The second-order valence-electron chi connectivity index (χ2n) is 7.10. The molecule has 1 aliphatic carbocycles. The van der Waals surface area contributed by atoms with Crippen LogP contribution in [0.5, 0.6) is 11.5 Å². The lowest BCUT2D eigenvalue weighted by Crippen LogP contribution is -2.09. The summed E-state index contributed by atoms with van der Waals surface area (Å²) in [6, 6.07) is 11.7. The third kappa shape index (κ3) is 5.06. The van der Waals surface area contributed by atoms with Crippen molar-refractivity contribution in [3.05, 3.63) is 65.4 Å². The zero-order valence-corrected chi connectivity index (χ0v) is 16.8. The smallest absolute Gasteiger partial charge is 0.127 e. The van der Waals surface area contributed by atoms with E-state index in [9.17, 15) is 0 Å².